The number of carbonyl (C=O) groups excluding carboxylic acids is 1. The molecule has 1 heterocycles. The van der Waals surface area contributed by atoms with E-state index in [9.17, 15) is 26.4 Å². The molecule has 1 amide bonds. The molecule has 3 aromatic rings. The Balaban J connectivity index is 0.000000727. The van der Waals surface area contributed by atoms with E-state index in [1.807, 2.05) is 30.3 Å². The Kier molecular flexibility index (Phi) is 13.0. The fourth-order valence-corrected chi connectivity index (χ4v) is 6.96. The first-order valence-corrected chi connectivity index (χ1v) is 17.7. The summed E-state index contributed by atoms with van der Waals surface area (Å²) in [5.74, 6) is -6.61. The zero-order chi connectivity index (χ0) is 36.5. The smallest absolute Gasteiger partial charge is 0.490 e. The number of hydrogen-bond acceptors (Lipinski definition) is 6. The molecule has 3 aromatic carbocycles. The van der Waals surface area contributed by atoms with Gasteiger partial charge in [-0.2, -0.15) is 26.7 Å². The first-order valence-electron chi connectivity index (χ1n) is 16.2. The first-order chi connectivity index (χ1) is 23.6. The van der Waals surface area contributed by atoms with Crippen molar-refractivity contribution in [1.82, 2.24) is 9.62 Å². The van der Waals surface area contributed by atoms with E-state index in [0.717, 1.165) is 24.0 Å². The number of piperidine rings is 1. The van der Waals surface area contributed by atoms with Crippen molar-refractivity contribution in [2.45, 2.75) is 74.0 Å². The number of sulfonamides is 1. The third-order valence-electron chi connectivity index (χ3n) is 8.70. The Morgan fingerprint density at radius 3 is 1.92 bits per heavy atom. The number of likely N-dealkylation sites (tertiary alicyclic amines) is 1. The normalized spacial score (nSPS) is 17.0. The minimum Gasteiger partial charge on any atom is -0.493 e. The predicted molar refractivity (Wildman–Crippen MR) is 176 cm³/mol. The Morgan fingerprint density at radius 1 is 0.840 bits per heavy atom. The molecule has 2 fully saturated rings. The maximum absolute atomic E-state index is 16.2. The summed E-state index contributed by atoms with van der Waals surface area (Å²) in [5.41, 5.74) is 7.06. The standard InChI is InChI=1S/C33H39F2N3O4S.C2HF3O2/c34-33(35,27-13-11-26(12-14-27)25-9-5-2-6-10-25)31(32(39)38-21-19-28(36)20-22-38)37-43(40,41)30-17-15-29(16-18-30)42-23-24-7-3-1-4-8-24;3-2(4,5)1(6)7/h2,5-6,9-18,24,28,31,37H,1,3-4,7-8,19-23,36H2;(H,6,7)/t31-;/m1./s1. The van der Waals surface area contributed by atoms with Crippen molar-refractivity contribution in [1.29, 1.82) is 0 Å². The van der Waals surface area contributed by atoms with E-state index in [-0.39, 0.29) is 24.0 Å². The third-order valence-corrected chi connectivity index (χ3v) is 10.1. The number of hydrogen-bond donors (Lipinski definition) is 3. The van der Waals surface area contributed by atoms with E-state index >= 15 is 8.78 Å². The monoisotopic (exact) mass is 725 g/mol. The summed E-state index contributed by atoms with van der Waals surface area (Å²) in [6.45, 7) is 0.901. The van der Waals surface area contributed by atoms with Crippen LogP contribution in [-0.4, -0.2) is 68.3 Å². The van der Waals surface area contributed by atoms with Crippen molar-refractivity contribution in [2.75, 3.05) is 19.7 Å². The van der Waals surface area contributed by atoms with E-state index in [1.54, 1.807) is 12.1 Å². The van der Waals surface area contributed by atoms with Crippen LogP contribution in [0.25, 0.3) is 11.1 Å². The van der Waals surface area contributed by atoms with Gasteiger partial charge in [-0.3, -0.25) is 4.79 Å². The fraction of sp³-hybridized carbons (Fsp3) is 0.429. The van der Waals surface area contributed by atoms with Gasteiger partial charge in [-0.1, -0.05) is 73.9 Å². The van der Waals surface area contributed by atoms with Gasteiger partial charge >= 0.3 is 12.1 Å². The summed E-state index contributed by atoms with van der Waals surface area (Å²) in [6.07, 6.45) is 1.64. The lowest BCUT2D eigenvalue weighted by molar-refractivity contribution is -0.192. The second-order valence-electron chi connectivity index (χ2n) is 12.4. The van der Waals surface area contributed by atoms with E-state index < -0.39 is 45.6 Å². The lowest BCUT2D eigenvalue weighted by Crippen LogP contribution is -2.57. The number of nitrogens with two attached hydrogens (primary N) is 1. The molecule has 1 atom stereocenters. The van der Waals surface area contributed by atoms with Crippen LogP contribution in [-0.2, 0) is 25.5 Å². The average molecular weight is 726 g/mol. The number of carbonyl (C=O) groups is 2. The molecule has 0 aromatic heterocycles. The highest BCUT2D eigenvalue weighted by Crippen LogP contribution is 2.36. The number of amides is 1. The summed E-state index contributed by atoms with van der Waals surface area (Å²) in [4.78, 5) is 23.5. The number of halogens is 5. The molecule has 0 radical (unpaired) electrons. The number of ether oxygens (including phenoxy) is 1. The first kappa shape index (κ1) is 38.7. The number of aliphatic carboxylic acids is 1. The van der Waals surface area contributed by atoms with Crippen LogP contribution in [0, 0.1) is 5.92 Å². The molecule has 15 heteroatoms. The molecule has 1 aliphatic carbocycles. The molecule has 1 saturated heterocycles. The minimum atomic E-state index is -5.08. The number of benzene rings is 3. The molecule has 2 aliphatic rings. The van der Waals surface area contributed by atoms with Gasteiger partial charge in [-0.25, -0.2) is 13.2 Å². The van der Waals surface area contributed by atoms with Gasteiger partial charge in [0.05, 0.1) is 11.5 Å². The highest BCUT2D eigenvalue weighted by molar-refractivity contribution is 7.89. The second kappa shape index (κ2) is 16.8. The maximum atomic E-state index is 16.2. The SMILES string of the molecule is NC1CCN(C(=O)[C@@H](NS(=O)(=O)c2ccc(OCC3CCCCC3)cc2)C(F)(F)c2ccc(-c3ccccc3)cc2)CC1.O=C(O)C(F)(F)F. The molecule has 0 spiro atoms. The number of nitrogens with one attached hydrogen (secondary N) is 1. The minimum absolute atomic E-state index is 0.135. The van der Waals surface area contributed by atoms with Gasteiger partial charge in [0.15, 0.2) is 6.04 Å². The molecule has 0 bridgehead atoms. The Bertz CT molecular complexity index is 1660. The van der Waals surface area contributed by atoms with Gasteiger partial charge in [-0.15, -0.1) is 0 Å². The van der Waals surface area contributed by atoms with Crippen molar-refractivity contribution in [3.8, 4) is 16.9 Å². The Morgan fingerprint density at radius 2 is 1.38 bits per heavy atom. The number of carboxylic acid groups (broad SMARTS) is 1. The van der Waals surface area contributed by atoms with Gasteiger partial charge in [0, 0.05) is 24.7 Å². The largest absolute Gasteiger partial charge is 0.493 e. The lowest BCUT2D eigenvalue weighted by Gasteiger charge is -2.35. The van der Waals surface area contributed by atoms with Gasteiger partial charge in [0.25, 0.3) is 5.92 Å². The molecule has 50 heavy (non-hydrogen) atoms. The molecule has 9 nitrogen and oxygen atoms in total. The van der Waals surface area contributed by atoms with E-state index in [4.69, 9.17) is 20.4 Å². The van der Waals surface area contributed by atoms with Crippen molar-refractivity contribution in [2.24, 2.45) is 11.7 Å². The van der Waals surface area contributed by atoms with Crippen molar-refractivity contribution >= 4 is 21.9 Å². The van der Waals surface area contributed by atoms with Crippen molar-refractivity contribution < 1.29 is 49.8 Å². The zero-order valence-electron chi connectivity index (χ0n) is 27.1. The average Bonchev–Trinajstić information content (AvgIpc) is 3.10. The molecule has 0 unspecified atom stereocenters. The topological polar surface area (TPSA) is 139 Å². The summed E-state index contributed by atoms with van der Waals surface area (Å²) >= 11 is 0. The van der Waals surface area contributed by atoms with Crippen molar-refractivity contribution in [3.05, 3.63) is 84.4 Å². The molecule has 272 valence electrons. The zero-order valence-corrected chi connectivity index (χ0v) is 27.9. The molecule has 5 rings (SSSR count). The van der Waals surface area contributed by atoms with Crippen LogP contribution in [0.15, 0.2) is 83.8 Å². The van der Waals surface area contributed by atoms with E-state index in [1.165, 1.54) is 60.6 Å². The van der Waals surface area contributed by atoms with Crippen LogP contribution in [0.5, 0.6) is 5.75 Å². The van der Waals surface area contributed by atoms with Gasteiger partial charge in [0.1, 0.15) is 5.75 Å². The van der Waals surface area contributed by atoms with Gasteiger partial charge in [0.2, 0.25) is 15.9 Å². The summed E-state index contributed by atoms with van der Waals surface area (Å²) in [6, 6.07) is 18.0. The third kappa shape index (κ3) is 10.5. The molecule has 1 saturated carbocycles. The number of carboxylic acids is 1. The number of alkyl halides is 5. The summed E-state index contributed by atoms with van der Waals surface area (Å²) in [7, 11) is -4.51. The second-order valence-corrected chi connectivity index (χ2v) is 14.1. The van der Waals surface area contributed by atoms with Crippen LogP contribution in [0.3, 0.4) is 0 Å². The van der Waals surface area contributed by atoms with Crippen LogP contribution < -0.4 is 15.2 Å². The highest BCUT2D eigenvalue weighted by atomic mass is 32.2. The van der Waals surface area contributed by atoms with E-state index in [2.05, 4.69) is 4.72 Å². The Hall–Kier alpha value is -4.08. The lowest BCUT2D eigenvalue weighted by atomic mass is 9.90. The fourth-order valence-electron chi connectivity index (χ4n) is 5.77. The summed E-state index contributed by atoms with van der Waals surface area (Å²) in [5, 5.41) is 7.12. The molecular formula is C35H40F5N3O6S. The predicted octanol–water partition coefficient (Wildman–Crippen LogP) is 6.33. The molecular weight excluding hydrogens is 685 g/mol. The van der Waals surface area contributed by atoms with Gasteiger partial charge in [-0.05, 0) is 67.0 Å². The molecule has 1 aliphatic heterocycles. The quantitative estimate of drug-likeness (QED) is 0.208. The van der Waals surface area contributed by atoms with Crippen LogP contribution in [0.1, 0.15) is 50.5 Å². The van der Waals surface area contributed by atoms with Crippen LogP contribution in [0.2, 0.25) is 0 Å². The summed E-state index contributed by atoms with van der Waals surface area (Å²) < 4.78 is 99.0. The van der Waals surface area contributed by atoms with E-state index in [0.29, 0.717) is 31.1 Å². The van der Waals surface area contributed by atoms with Gasteiger partial charge < -0.3 is 20.5 Å². The maximum Gasteiger partial charge on any atom is 0.490 e. The van der Waals surface area contributed by atoms with Crippen LogP contribution in [0.4, 0.5) is 22.0 Å². The van der Waals surface area contributed by atoms with Crippen molar-refractivity contribution in [3.63, 3.8) is 0 Å². The number of nitrogens with zero attached hydrogens (tertiary/aromatic N) is 1. The van der Waals surface area contributed by atoms with Crippen LogP contribution >= 0.6 is 0 Å². The molecule has 4 N–H and O–H groups in total. The highest BCUT2D eigenvalue weighted by Gasteiger charge is 2.50. The Labute approximate surface area is 287 Å². The number of rotatable bonds is 10.